The molecule has 0 amide bonds. The molecule has 0 saturated carbocycles. The van der Waals surface area contributed by atoms with Crippen LogP contribution in [-0.4, -0.2) is 17.3 Å². The van der Waals surface area contributed by atoms with E-state index in [1.165, 1.54) is 11.8 Å². The fourth-order valence-corrected chi connectivity index (χ4v) is 1.84. The summed E-state index contributed by atoms with van der Waals surface area (Å²) in [6.45, 7) is 0.511. The standard InChI is InChI=1S/C8H12N4O2S.2ClH/c9-3-4-15-8-5-6(10)1-2-7(8)11-12(13)14;;/h1-2,5,11H,3-4,9-10H2;2*1H. The maximum Gasteiger partial charge on any atom is 0.162 e. The van der Waals surface area contributed by atoms with E-state index in [0.717, 1.165) is 4.90 Å². The Morgan fingerprint density at radius 3 is 2.59 bits per heavy atom. The molecule has 0 aliphatic carbocycles. The maximum absolute atomic E-state index is 10.3. The number of rotatable bonds is 5. The quantitative estimate of drug-likeness (QED) is 0.331. The highest BCUT2D eigenvalue weighted by Gasteiger charge is 2.07. The molecule has 6 nitrogen and oxygen atoms in total. The molecule has 0 saturated heterocycles. The third kappa shape index (κ3) is 6.42. The van der Waals surface area contributed by atoms with Crippen LogP contribution in [0.4, 0.5) is 11.4 Å². The number of hydrogen-bond donors (Lipinski definition) is 3. The van der Waals surface area contributed by atoms with Crippen LogP contribution in [0.2, 0.25) is 0 Å². The van der Waals surface area contributed by atoms with Gasteiger partial charge in [0, 0.05) is 22.9 Å². The fraction of sp³-hybridized carbons (Fsp3) is 0.250. The molecule has 17 heavy (non-hydrogen) atoms. The molecule has 0 heterocycles. The van der Waals surface area contributed by atoms with Crippen LogP contribution in [0, 0.1) is 10.1 Å². The molecule has 1 rings (SSSR count). The van der Waals surface area contributed by atoms with Crippen LogP contribution in [-0.2, 0) is 0 Å². The summed E-state index contributed by atoms with van der Waals surface area (Å²) in [5.41, 5.74) is 14.1. The highest BCUT2D eigenvalue weighted by Crippen LogP contribution is 2.28. The molecule has 0 unspecified atom stereocenters. The van der Waals surface area contributed by atoms with Gasteiger partial charge in [0.2, 0.25) is 0 Å². The van der Waals surface area contributed by atoms with E-state index in [0.29, 0.717) is 23.7 Å². The molecule has 0 radical (unpaired) electrons. The summed E-state index contributed by atoms with van der Waals surface area (Å²) in [6.07, 6.45) is 0. The lowest BCUT2D eigenvalue weighted by Crippen LogP contribution is -2.09. The molecule has 98 valence electrons. The second kappa shape index (κ2) is 9.17. The van der Waals surface area contributed by atoms with Gasteiger partial charge in [-0.1, -0.05) is 0 Å². The number of nitro groups is 1. The Bertz CT molecular complexity index is 367. The molecule has 0 aliphatic heterocycles. The van der Waals surface area contributed by atoms with Crippen molar-refractivity contribution in [3.8, 4) is 0 Å². The minimum absolute atomic E-state index is 0. The van der Waals surface area contributed by atoms with Crippen LogP contribution >= 0.6 is 36.6 Å². The third-order valence-electron chi connectivity index (χ3n) is 1.59. The van der Waals surface area contributed by atoms with Crippen LogP contribution < -0.4 is 16.9 Å². The minimum Gasteiger partial charge on any atom is -0.399 e. The number of nitrogens with two attached hydrogens (primary N) is 2. The van der Waals surface area contributed by atoms with E-state index in [2.05, 4.69) is 5.43 Å². The Labute approximate surface area is 115 Å². The van der Waals surface area contributed by atoms with Gasteiger partial charge in [-0.3, -0.25) is 0 Å². The van der Waals surface area contributed by atoms with Gasteiger partial charge >= 0.3 is 0 Å². The number of anilines is 2. The van der Waals surface area contributed by atoms with E-state index in [1.54, 1.807) is 18.2 Å². The average molecular weight is 301 g/mol. The Balaban J connectivity index is 0. The number of nitrogens with zero attached hydrogens (tertiary/aromatic N) is 1. The molecular formula is C8H14Cl2N4O2S. The van der Waals surface area contributed by atoms with Gasteiger partial charge in [0.15, 0.2) is 5.03 Å². The molecular weight excluding hydrogens is 287 g/mol. The summed E-state index contributed by atoms with van der Waals surface area (Å²) in [5, 5.41) is 9.71. The first kappa shape index (κ1) is 18.5. The normalized spacial score (nSPS) is 8.76. The van der Waals surface area contributed by atoms with E-state index in [4.69, 9.17) is 11.5 Å². The minimum atomic E-state index is -0.599. The molecule has 9 heteroatoms. The lowest BCUT2D eigenvalue weighted by atomic mass is 10.3. The number of benzene rings is 1. The van der Waals surface area contributed by atoms with Crippen molar-refractivity contribution >= 4 is 48.0 Å². The number of nitrogen functional groups attached to an aromatic ring is 1. The summed E-state index contributed by atoms with van der Waals surface area (Å²) in [4.78, 5) is 11.0. The Morgan fingerprint density at radius 1 is 1.41 bits per heavy atom. The van der Waals surface area contributed by atoms with Crippen molar-refractivity contribution in [2.45, 2.75) is 4.90 Å². The predicted octanol–water partition coefficient (Wildman–Crippen LogP) is 1.77. The largest absolute Gasteiger partial charge is 0.399 e. The third-order valence-corrected chi connectivity index (χ3v) is 2.68. The molecule has 0 atom stereocenters. The van der Waals surface area contributed by atoms with Crippen LogP contribution in [0.15, 0.2) is 23.1 Å². The molecule has 0 bridgehead atoms. The Kier molecular flexibility index (Phi) is 9.97. The first-order chi connectivity index (χ1) is 7.13. The van der Waals surface area contributed by atoms with E-state index < -0.39 is 5.03 Å². The summed E-state index contributed by atoms with van der Waals surface area (Å²) in [5.74, 6) is 0.690. The number of thioether (sulfide) groups is 1. The smallest absolute Gasteiger partial charge is 0.162 e. The molecule has 0 aliphatic rings. The summed E-state index contributed by atoms with van der Waals surface area (Å²) < 4.78 is 0. The van der Waals surface area contributed by atoms with Gasteiger partial charge in [-0.2, -0.15) is 0 Å². The summed E-state index contributed by atoms with van der Waals surface area (Å²) in [7, 11) is 0. The highest BCUT2D eigenvalue weighted by atomic mass is 35.5. The number of hydrogen-bond acceptors (Lipinski definition) is 5. The van der Waals surface area contributed by atoms with Gasteiger partial charge in [-0.25, -0.2) is 10.1 Å². The lowest BCUT2D eigenvalue weighted by molar-refractivity contribution is -0.445. The Morgan fingerprint density at radius 2 is 2.06 bits per heavy atom. The van der Waals surface area contributed by atoms with E-state index in [-0.39, 0.29) is 24.8 Å². The molecule has 0 fully saturated rings. The van der Waals surface area contributed by atoms with E-state index >= 15 is 0 Å². The lowest BCUT2D eigenvalue weighted by Gasteiger charge is -2.06. The van der Waals surface area contributed by atoms with Crippen molar-refractivity contribution in [1.82, 2.24) is 0 Å². The summed E-state index contributed by atoms with van der Waals surface area (Å²) in [6, 6.07) is 4.88. The van der Waals surface area contributed by atoms with Gasteiger partial charge < -0.3 is 11.5 Å². The van der Waals surface area contributed by atoms with E-state index in [1.807, 2.05) is 0 Å². The molecule has 5 N–H and O–H groups in total. The topological polar surface area (TPSA) is 107 Å². The van der Waals surface area contributed by atoms with Gasteiger partial charge in [0.25, 0.3) is 0 Å². The van der Waals surface area contributed by atoms with Gasteiger partial charge in [0.05, 0.1) is 0 Å². The second-order valence-electron chi connectivity index (χ2n) is 2.76. The SMILES string of the molecule is Cl.Cl.NCCSc1cc(N)ccc1N[N+](=O)[O-]. The maximum atomic E-state index is 10.3. The number of hydrazine groups is 1. The molecule has 0 spiro atoms. The molecule has 1 aromatic rings. The van der Waals surface area contributed by atoms with E-state index in [9.17, 15) is 10.1 Å². The van der Waals surface area contributed by atoms with Crippen LogP contribution in [0.5, 0.6) is 0 Å². The van der Waals surface area contributed by atoms with Crippen molar-refractivity contribution in [3.05, 3.63) is 28.3 Å². The monoisotopic (exact) mass is 300 g/mol. The van der Waals surface area contributed by atoms with Crippen LogP contribution in [0.1, 0.15) is 0 Å². The van der Waals surface area contributed by atoms with Crippen molar-refractivity contribution < 1.29 is 5.03 Å². The zero-order valence-electron chi connectivity index (χ0n) is 8.79. The van der Waals surface area contributed by atoms with Crippen LogP contribution in [0.3, 0.4) is 0 Å². The van der Waals surface area contributed by atoms with Crippen molar-refractivity contribution in [2.75, 3.05) is 23.5 Å². The number of nitrogens with one attached hydrogen (secondary N) is 1. The highest BCUT2D eigenvalue weighted by molar-refractivity contribution is 7.99. The summed E-state index contributed by atoms with van der Waals surface area (Å²) >= 11 is 1.43. The zero-order chi connectivity index (χ0) is 11.3. The van der Waals surface area contributed by atoms with Crippen molar-refractivity contribution in [2.24, 2.45) is 5.73 Å². The van der Waals surface area contributed by atoms with Gasteiger partial charge in [-0.05, 0) is 18.2 Å². The van der Waals surface area contributed by atoms with Crippen LogP contribution in [0.25, 0.3) is 0 Å². The second-order valence-corrected chi connectivity index (χ2v) is 3.90. The number of halogens is 2. The molecule has 1 aromatic carbocycles. The first-order valence-electron chi connectivity index (χ1n) is 4.27. The van der Waals surface area contributed by atoms with Gasteiger partial charge in [-0.15, -0.1) is 42.0 Å². The fourth-order valence-electron chi connectivity index (χ4n) is 1.02. The Hall–Kier alpha value is -0.890. The molecule has 0 aromatic heterocycles. The van der Waals surface area contributed by atoms with Crippen molar-refractivity contribution in [3.63, 3.8) is 0 Å². The zero-order valence-corrected chi connectivity index (χ0v) is 11.2. The average Bonchev–Trinajstić information content (AvgIpc) is 2.18. The first-order valence-corrected chi connectivity index (χ1v) is 5.25. The predicted molar refractivity (Wildman–Crippen MR) is 75.7 cm³/mol. The van der Waals surface area contributed by atoms with Crippen molar-refractivity contribution in [1.29, 1.82) is 0 Å². The van der Waals surface area contributed by atoms with Gasteiger partial charge in [0.1, 0.15) is 5.69 Å².